The number of likely N-dealkylation sites (N-methyl/N-ethyl adjacent to an activating group) is 1. The molecule has 2 rings (SSSR count). The Morgan fingerprint density at radius 1 is 1.05 bits per heavy atom. The highest BCUT2D eigenvalue weighted by Gasteiger charge is 2.15. The minimum atomic E-state index is 0.140. The molecular formula is C15H13Br2Cl2N. The molecule has 0 fully saturated rings. The molecule has 1 N–H and O–H groups in total. The van der Waals surface area contributed by atoms with Crippen molar-refractivity contribution in [1.29, 1.82) is 0 Å². The van der Waals surface area contributed by atoms with E-state index >= 15 is 0 Å². The number of nitrogens with one attached hydrogen (secondary N) is 1. The van der Waals surface area contributed by atoms with Gasteiger partial charge in [0.05, 0.1) is 0 Å². The monoisotopic (exact) mass is 435 g/mol. The Morgan fingerprint density at radius 2 is 1.60 bits per heavy atom. The van der Waals surface area contributed by atoms with E-state index in [2.05, 4.69) is 49.3 Å². The molecule has 1 nitrogen and oxygen atoms in total. The molecule has 1 unspecified atom stereocenters. The number of hydrogen-bond acceptors (Lipinski definition) is 1. The molecule has 0 bridgehead atoms. The summed E-state index contributed by atoms with van der Waals surface area (Å²) in [7, 11) is 1.93. The SMILES string of the molecule is CNC(Cc1c(Cl)cccc1Cl)c1cc(Br)cc(Br)c1. The van der Waals surface area contributed by atoms with Gasteiger partial charge in [-0.1, -0.05) is 61.1 Å². The quantitative estimate of drug-likeness (QED) is 0.616. The highest BCUT2D eigenvalue weighted by molar-refractivity contribution is 9.11. The molecule has 2 aromatic carbocycles. The summed E-state index contributed by atoms with van der Waals surface area (Å²) in [6.45, 7) is 0. The molecule has 5 heteroatoms. The summed E-state index contributed by atoms with van der Waals surface area (Å²) in [6, 6.07) is 11.9. The van der Waals surface area contributed by atoms with Gasteiger partial charge in [0, 0.05) is 25.0 Å². The van der Waals surface area contributed by atoms with Crippen molar-refractivity contribution >= 4 is 55.1 Å². The molecular weight excluding hydrogens is 425 g/mol. The van der Waals surface area contributed by atoms with Crippen LogP contribution in [0.3, 0.4) is 0 Å². The molecule has 0 aliphatic heterocycles. The maximum atomic E-state index is 6.25. The van der Waals surface area contributed by atoms with Crippen molar-refractivity contribution in [2.24, 2.45) is 0 Å². The maximum absolute atomic E-state index is 6.25. The van der Waals surface area contributed by atoms with Crippen LogP contribution >= 0.6 is 55.1 Å². The topological polar surface area (TPSA) is 12.0 Å². The number of rotatable bonds is 4. The van der Waals surface area contributed by atoms with Gasteiger partial charge < -0.3 is 5.32 Å². The van der Waals surface area contributed by atoms with Crippen LogP contribution in [0.25, 0.3) is 0 Å². The van der Waals surface area contributed by atoms with Gasteiger partial charge in [0.15, 0.2) is 0 Å². The van der Waals surface area contributed by atoms with Gasteiger partial charge in [-0.25, -0.2) is 0 Å². The van der Waals surface area contributed by atoms with Crippen molar-refractivity contribution in [2.75, 3.05) is 7.05 Å². The van der Waals surface area contributed by atoms with E-state index in [9.17, 15) is 0 Å². The summed E-state index contributed by atoms with van der Waals surface area (Å²) >= 11 is 19.5. The largest absolute Gasteiger partial charge is 0.313 e. The van der Waals surface area contributed by atoms with Crippen molar-refractivity contribution < 1.29 is 0 Å². The Balaban J connectivity index is 2.33. The Kier molecular flexibility index (Phi) is 5.94. The first kappa shape index (κ1) is 16.3. The van der Waals surface area contributed by atoms with Crippen LogP contribution in [0, 0.1) is 0 Å². The first-order valence-corrected chi connectivity index (χ1v) is 8.41. The van der Waals surface area contributed by atoms with Gasteiger partial charge >= 0.3 is 0 Å². The van der Waals surface area contributed by atoms with E-state index in [1.54, 1.807) is 0 Å². The zero-order valence-electron chi connectivity index (χ0n) is 10.8. The van der Waals surface area contributed by atoms with Crippen LogP contribution in [0.5, 0.6) is 0 Å². The van der Waals surface area contributed by atoms with Crippen molar-refractivity contribution in [3.8, 4) is 0 Å². The molecule has 0 spiro atoms. The van der Waals surface area contributed by atoms with Crippen LogP contribution < -0.4 is 5.32 Å². The van der Waals surface area contributed by atoms with E-state index in [1.807, 2.05) is 31.3 Å². The predicted molar refractivity (Wildman–Crippen MR) is 93.8 cm³/mol. The summed E-state index contributed by atoms with van der Waals surface area (Å²) in [5.74, 6) is 0. The Morgan fingerprint density at radius 3 is 2.10 bits per heavy atom. The van der Waals surface area contributed by atoms with E-state index in [0.717, 1.165) is 20.9 Å². The summed E-state index contributed by atoms with van der Waals surface area (Å²) in [5, 5.41) is 4.72. The van der Waals surface area contributed by atoms with Crippen LogP contribution in [0.4, 0.5) is 0 Å². The fourth-order valence-corrected chi connectivity index (χ4v) is 3.98. The molecule has 0 saturated heterocycles. The van der Waals surface area contributed by atoms with Gasteiger partial charge in [0.2, 0.25) is 0 Å². The van der Waals surface area contributed by atoms with Gasteiger partial charge in [-0.15, -0.1) is 0 Å². The molecule has 0 amide bonds. The Bertz CT molecular complexity index is 576. The Labute approximate surface area is 145 Å². The van der Waals surface area contributed by atoms with Crippen molar-refractivity contribution in [2.45, 2.75) is 12.5 Å². The normalized spacial score (nSPS) is 12.4. The molecule has 0 saturated carbocycles. The minimum Gasteiger partial charge on any atom is -0.313 e. The summed E-state index contributed by atoms with van der Waals surface area (Å²) in [6.07, 6.45) is 0.734. The van der Waals surface area contributed by atoms with Gasteiger partial charge in [-0.2, -0.15) is 0 Å². The third kappa shape index (κ3) is 3.99. The molecule has 20 heavy (non-hydrogen) atoms. The highest BCUT2D eigenvalue weighted by atomic mass is 79.9. The van der Waals surface area contributed by atoms with Gasteiger partial charge in [-0.05, 0) is 54.9 Å². The molecule has 106 valence electrons. The second-order valence-corrected chi connectivity index (χ2v) is 7.09. The molecule has 0 radical (unpaired) electrons. The van der Waals surface area contributed by atoms with Crippen molar-refractivity contribution in [3.05, 3.63) is 66.5 Å². The second kappa shape index (κ2) is 7.28. The molecule has 0 heterocycles. The van der Waals surface area contributed by atoms with E-state index in [4.69, 9.17) is 23.2 Å². The highest BCUT2D eigenvalue weighted by Crippen LogP contribution is 2.31. The van der Waals surface area contributed by atoms with Crippen LogP contribution in [-0.4, -0.2) is 7.05 Å². The maximum Gasteiger partial charge on any atom is 0.0453 e. The molecule has 0 aliphatic carbocycles. The summed E-state index contributed by atoms with van der Waals surface area (Å²) < 4.78 is 2.07. The third-order valence-electron chi connectivity index (χ3n) is 3.11. The zero-order chi connectivity index (χ0) is 14.7. The first-order valence-electron chi connectivity index (χ1n) is 6.07. The lowest BCUT2D eigenvalue weighted by atomic mass is 9.99. The summed E-state index contributed by atoms with van der Waals surface area (Å²) in [4.78, 5) is 0. The fourth-order valence-electron chi connectivity index (χ4n) is 2.09. The van der Waals surface area contributed by atoms with Gasteiger partial charge in [0.25, 0.3) is 0 Å². The average molecular weight is 438 g/mol. The predicted octanol–water partition coefficient (Wildman–Crippen LogP) is 6.02. The standard InChI is InChI=1S/C15H13Br2Cl2N/c1-20-15(9-5-10(16)7-11(17)6-9)8-12-13(18)3-2-4-14(12)19/h2-7,15,20H,8H2,1H3. The molecule has 0 aliphatic rings. The lowest BCUT2D eigenvalue weighted by Crippen LogP contribution is -2.19. The minimum absolute atomic E-state index is 0.140. The van der Waals surface area contributed by atoms with E-state index in [0.29, 0.717) is 10.0 Å². The first-order chi connectivity index (χ1) is 9.51. The van der Waals surface area contributed by atoms with Crippen molar-refractivity contribution in [3.63, 3.8) is 0 Å². The van der Waals surface area contributed by atoms with Crippen molar-refractivity contribution in [1.82, 2.24) is 5.32 Å². The van der Waals surface area contributed by atoms with Crippen LogP contribution in [-0.2, 0) is 6.42 Å². The molecule has 0 aromatic heterocycles. The smallest absolute Gasteiger partial charge is 0.0453 e. The fraction of sp³-hybridized carbons (Fsp3) is 0.200. The lowest BCUT2D eigenvalue weighted by molar-refractivity contribution is 0.591. The van der Waals surface area contributed by atoms with Crippen LogP contribution in [0.1, 0.15) is 17.2 Å². The number of benzene rings is 2. The van der Waals surface area contributed by atoms with E-state index < -0.39 is 0 Å². The number of halogens is 4. The zero-order valence-corrected chi connectivity index (χ0v) is 15.4. The van der Waals surface area contributed by atoms with Gasteiger partial charge in [0.1, 0.15) is 0 Å². The molecule has 1 atom stereocenters. The third-order valence-corrected chi connectivity index (χ3v) is 4.73. The van der Waals surface area contributed by atoms with Crippen LogP contribution in [0.2, 0.25) is 10.0 Å². The number of hydrogen-bond donors (Lipinski definition) is 1. The summed E-state index contributed by atoms with van der Waals surface area (Å²) in [5.41, 5.74) is 2.14. The molecule has 2 aromatic rings. The van der Waals surface area contributed by atoms with Crippen LogP contribution in [0.15, 0.2) is 45.3 Å². The second-order valence-electron chi connectivity index (χ2n) is 4.45. The Hall–Kier alpha value is -0.0600. The van der Waals surface area contributed by atoms with E-state index in [1.165, 1.54) is 5.56 Å². The lowest BCUT2D eigenvalue weighted by Gasteiger charge is -2.19. The van der Waals surface area contributed by atoms with Gasteiger partial charge in [-0.3, -0.25) is 0 Å². The van der Waals surface area contributed by atoms with E-state index in [-0.39, 0.29) is 6.04 Å². The average Bonchev–Trinajstić information content (AvgIpc) is 2.37.